The number of imide groups is 1. The van der Waals surface area contributed by atoms with Gasteiger partial charge in [0.05, 0.1) is 16.5 Å². The van der Waals surface area contributed by atoms with E-state index in [2.05, 4.69) is 5.32 Å². The Morgan fingerprint density at radius 3 is 2.47 bits per heavy atom. The molecule has 1 atom stereocenters. The second-order valence-corrected chi connectivity index (χ2v) is 8.84. The number of rotatable bonds is 3. The Hall–Kier alpha value is -2.86. The molecule has 0 radical (unpaired) electrons. The minimum atomic E-state index is -0.429. The highest BCUT2D eigenvalue weighted by Gasteiger charge is 2.57. The molecule has 154 valence electrons. The monoisotopic (exact) mass is 423 g/mol. The SMILES string of the molecule is CN1CC2(CC2)N(c2ccc(-c3cccc(C4CCC(=O)NC4=O)c3Cl)cc2)C1=O. The van der Waals surface area contributed by atoms with Crippen LogP contribution in [0.4, 0.5) is 10.5 Å². The van der Waals surface area contributed by atoms with Crippen molar-refractivity contribution >= 4 is 35.1 Å². The summed E-state index contributed by atoms with van der Waals surface area (Å²) in [5.41, 5.74) is 3.33. The second-order valence-electron chi connectivity index (χ2n) is 8.46. The molecule has 2 aromatic rings. The van der Waals surface area contributed by atoms with Crippen molar-refractivity contribution in [2.24, 2.45) is 0 Å². The smallest absolute Gasteiger partial charge is 0.324 e. The standard InChI is InChI=1S/C23H22ClN3O3/c1-26-13-23(11-12-23)27(22(26)30)15-7-5-14(6-8-15)16-3-2-4-17(20(16)24)18-9-10-19(28)25-21(18)29/h2-8,18H,9-13H2,1H3,(H,25,28,29). The number of benzene rings is 2. The van der Waals surface area contributed by atoms with Crippen LogP contribution in [0.2, 0.25) is 5.02 Å². The number of carbonyl (C=O) groups excluding carboxylic acids is 3. The number of anilines is 1. The van der Waals surface area contributed by atoms with Gasteiger partial charge in [0.1, 0.15) is 0 Å². The van der Waals surface area contributed by atoms with Gasteiger partial charge in [0, 0.05) is 31.3 Å². The number of halogens is 1. The van der Waals surface area contributed by atoms with Crippen LogP contribution in [-0.4, -0.2) is 41.9 Å². The van der Waals surface area contributed by atoms with Gasteiger partial charge in [-0.15, -0.1) is 0 Å². The molecule has 1 unspecified atom stereocenters. The molecule has 30 heavy (non-hydrogen) atoms. The van der Waals surface area contributed by atoms with Crippen LogP contribution in [0.15, 0.2) is 42.5 Å². The molecule has 0 aromatic heterocycles. The number of hydrogen-bond donors (Lipinski definition) is 1. The van der Waals surface area contributed by atoms with E-state index in [1.807, 2.05) is 54.4 Å². The molecule has 1 aliphatic carbocycles. The Balaban J connectivity index is 1.45. The first-order valence-corrected chi connectivity index (χ1v) is 10.6. The van der Waals surface area contributed by atoms with Crippen LogP contribution in [-0.2, 0) is 9.59 Å². The molecule has 3 aliphatic rings. The molecule has 1 spiro atoms. The number of hydrogen-bond acceptors (Lipinski definition) is 3. The van der Waals surface area contributed by atoms with E-state index in [1.54, 1.807) is 4.90 Å². The van der Waals surface area contributed by atoms with Gasteiger partial charge in [-0.05, 0) is 42.5 Å². The number of carbonyl (C=O) groups is 3. The van der Waals surface area contributed by atoms with E-state index in [1.165, 1.54) is 0 Å². The Morgan fingerprint density at radius 2 is 1.80 bits per heavy atom. The minimum absolute atomic E-state index is 0.0399. The van der Waals surface area contributed by atoms with E-state index in [9.17, 15) is 14.4 Å². The molecular weight excluding hydrogens is 402 g/mol. The van der Waals surface area contributed by atoms with Gasteiger partial charge in [-0.25, -0.2) is 4.79 Å². The van der Waals surface area contributed by atoms with E-state index in [0.29, 0.717) is 17.9 Å². The molecule has 2 aromatic carbocycles. The first kappa shape index (κ1) is 19.1. The summed E-state index contributed by atoms with van der Waals surface area (Å²) in [5.74, 6) is -0.969. The number of piperidine rings is 1. The van der Waals surface area contributed by atoms with Crippen LogP contribution in [0.1, 0.15) is 37.2 Å². The summed E-state index contributed by atoms with van der Waals surface area (Å²) in [7, 11) is 1.84. The zero-order valence-corrected chi connectivity index (χ0v) is 17.4. The predicted octanol–water partition coefficient (Wildman–Crippen LogP) is 3.93. The highest BCUT2D eigenvalue weighted by Crippen LogP contribution is 2.49. The fourth-order valence-corrected chi connectivity index (χ4v) is 5.05. The summed E-state index contributed by atoms with van der Waals surface area (Å²) >= 11 is 6.71. The van der Waals surface area contributed by atoms with Crippen LogP contribution in [0.25, 0.3) is 11.1 Å². The lowest BCUT2D eigenvalue weighted by Crippen LogP contribution is -2.39. The Labute approximate surface area is 179 Å². The Morgan fingerprint density at radius 1 is 1.07 bits per heavy atom. The number of likely N-dealkylation sites (N-methyl/N-ethyl adjacent to an activating group) is 1. The lowest BCUT2D eigenvalue weighted by Gasteiger charge is -2.24. The summed E-state index contributed by atoms with van der Waals surface area (Å²) in [6.45, 7) is 0.771. The third-order valence-corrected chi connectivity index (χ3v) is 6.85. The van der Waals surface area contributed by atoms with E-state index >= 15 is 0 Å². The summed E-state index contributed by atoms with van der Waals surface area (Å²) in [4.78, 5) is 40.1. The zero-order valence-electron chi connectivity index (χ0n) is 16.7. The Kier molecular flexibility index (Phi) is 4.36. The molecule has 6 nitrogen and oxygen atoms in total. The molecule has 3 fully saturated rings. The quantitative estimate of drug-likeness (QED) is 0.760. The van der Waals surface area contributed by atoms with Gasteiger partial charge in [-0.3, -0.25) is 19.8 Å². The van der Waals surface area contributed by atoms with Crippen molar-refractivity contribution in [3.8, 4) is 11.1 Å². The molecule has 7 heteroatoms. The van der Waals surface area contributed by atoms with Gasteiger partial charge in [0.15, 0.2) is 0 Å². The molecule has 2 aliphatic heterocycles. The van der Waals surface area contributed by atoms with Crippen LogP contribution >= 0.6 is 11.6 Å². The summed E-state index contributed by atoms with van der Waals surface area (Å²) in [6.07, 6.45) is 2.83. The van der Waals surface area contributed by atoms with Gasteiger partial charge >= 0.3 is 6.03 Å². The van der Waals surface area contributed by atoms with Gasteiger partial charge in [-0.1, -0.05) is 41.9 Å². The molecule has 2 heterocycles. The summed E-state index contributed by atoms with van der Waals surface area (Å²) in [5, 5.41) is 2.92. The number of amides is 4. The van der Waals surface area contributed by atoms with Crippen molar-refractivity contribution in [3.05, 3.63) is 53.1 Å². The van der Waals surface area contributed by atoms with Gasteiger partial charge in [0.25, 0.3) is 0 Å². The zero-order chi connectivity index (χ0) is 21.0. The van der Waals surface area contributed by atoms with Crippen molar-refractivity contribution in [1.29, 1.82) is 0 Å². The second kappa shape index (κ2) is 6.84. The fourth-order valence-electron chi connectivity index (χ4n) is 4.69. The van der Waals surface area contributed by atoms with Crippen LogP contribution < -0.4 is 10.2 Å². The lowest BCUT2D eigenvalue weighted by atomic mass is 9.88. The van der Waals surface area contributed by atoms with Crippen molar-refractivity contribution in [1.82, 2.24) is 10.2 Å². The lowest BCUT2D eigenvalue weighted by molar-refractivity contribution is -0.134. The molecule has 1 N–H and O–H groups in total. The topological polar surface area (TPSA) is 69.7 Å². The summed E-state index contributed by atoms with van der Waals surface area (Å²) in [6, 6.07) is 13.5. The first-order chi connectivity index (χ1) is 14.4. The van der Waals surface area contributed by atoms with Crippen molar-refractivity contribution in [2.45, 2.75) is 37.1 Å². The van der Waals surface area contributed by atoms with Crippen LogP contribution in [0, 0.1) is 0 Å². The number of urea groups is 1. The molecule has 4 amide bonds. The van der Waals surface area contributed by atoms with Gasteiger partial charge < -0.3 is 4.90 Å². The normalized spacial score (nSPS) is 22.6. The summed E-state index contributed by atoms with van der Waals surface area (Å²) < 4.78 is 0. The highest BCUT2D eigenvalue weighted by atomic mass is 35.5. The van der Waals surface area contributed by atoms with E-state index in [0.717, 1.165) is 41.8 Å². The van der Waals surface area contributed by atoms with Gasteiger partial charge in [0.2, 0.25) is 11.8 Å². The predicted molar refractivity (Wildman–Crippen MR) is 114 cm³/mol. The minimum Gasteiger partial charge on any atom is -0.325 e. The maximum atomic E-state index is 12.6. The first-order valence-electron chi connectivity index (χ1n) is 10.2. The number of nitrogens with zero attached hydrogens (tertiary/aromatic N) is 2. The van der Waals surface area contributed by atoms with E-state index < -0.39 is 5.92 Å². The van der Waals surface area contributed by atoms with E-state index in [-0.39, 0.29) is 23.4 Å². The molecule has 1 saturated carbocycles. The Bertz CT molecular complexity index is 1060. The average molecular weight is 424 g/mol. The molecule has 0 bridgehead atoms. The molecule has 5 rings (SSSR count). The molecular formula is C23H22ClN3O3. The van der Waals surface area contributed by atoms with Crippen molar-refractivity contribution in [3.63, 3.8) is 0 Å². The molecule has 2 saturated heterocycles. The largest absolute Gasteiger partial charge is 0.325 e. The maximum Gasteiger partial charge on any atom is 0.324 e. The van der Waals surface area contributed by atoms with Gasteiger partial charge in [-0.2, -0.15) is 0 Å². The highest BCUT2D eigenvalue weighted by molar-refractivity contribution is 6.34. The van der Waals surface area contributed by atoms with Crippen molar-refractivity contribution < 1.29 is 14.4 Å². The van der Waals surface area contributed by atoms with Crippen LogP contribution in [0.5, 0.6) is 0 Å². The third-order valence-electron chi connectivity index (χ3n) is 6.43. The average Bonchev–Trinajstić information content (AvgIpc) is 3.44. The number of nitrogens with one attached hydrogen (secondary N) is 1. The van der Waals surface area contributed by atoms with E-state index in [4.69, 9.17) is 11.6 Å². The fraction of sp³-hybridized carbons (Fsp3) is 0.348. The maximum absolute atomic E-state index is 12.6. The third kappa shape index (κ3) is 2.98. The van der Waals surface area contributed by atoms with Crippen LogP contribution in [0.3, 0.4) is 0 Å². The van der Waals surface area contributed by atoms with Crippen molar-refractivity contribution in [2.75, 3.05) is 18.5 Å².